The van der Waals surface area contributed by atoms with Crippen LogP contribution in [-0.4, -0.2) is 33.2 Å². The van der Waals surface area contributed by atoms with Gasteiger partial charge in [0.15, 0.2) is 5.65 Å². The summed E-state index contributed by atoms with van der Waals surface area (Å²) in [6, 6.07) is 13.6. The van der Waals surface area contributed by atoms with Gasteiger partial charge in [-0.3, -0.25) is 0 Å². The highest BCUT2D eigenvalue weighted by Gasteiger charge is 2.52. The number of hydrogen-bond acceptors (Lipinski definition) is 4. The van der Waals surface area contributed by atoms with E-state index >= 15 is 0 Å². The van der Waals surface area contributed by atoms with E-state index in [2.05, 4.69) is 4.98 Å². The molecule has 25 heavy (non-hydrogen) atoms. The molecule has 0 saturated carbocycles. The Bertz CT molecular complexity index is 918. The van der Waals surface area contributed by atoms with Crippen LogP contribution in [0.5, 0.6) is 0 Å². The van der Waals surface area contributed by atoms with Crippen LogP contribution in [0.4, 0.5) is 0 Å². The van der Waals surface area contributed by atoms with Gasteiger partial charge >= 0.3 is 7.12 Å². The monoisotopic (exact) mass is 336 g/mol. The molecule has 0 amide bonds. The van der Waals surface area contributed by atoms with Gasteiger partial charge in [0.1, 0.15) is 0 Å². The Morgan fingerprint density at radius 1 is 1.00 bits per heavy atom. The van der Waals surface area contributed by atoms with Crippen molar-refractivity contribution in [3.8, 4) is 11.3 Å². The number of aromatic nitrogens is 2. The molecular formula is C19H21BN2O3. The minimum atomic E-state index is -0.499. The molecule has 3 heterocycles. The van der Waals surface area contributed by atoms with Gasteiger partial charge in [-0.2, -0.15) is 4.73 Å². The van der Waals surface area contributed by atoms with Crippen molar-refractivity contribution in [1.29, 1.82) is 0 Å². The van der Waals surface area contributed by atoms with Crippen molar-refractivity contribution in [2.45, 2.75) is 38.9 Å². The van der Waals surface area contributed by atoms with E-state index in [1.54, 1.807) is 6.20 Å². The lowest BCUT2D eigenvalue weighted by Crippen LogP contribution is -2.41. The predicted octanol–water partition coefficient (Wildman–Crippen LogP) is 3.24. The maximum absolute atomic E-state index is 10.6. The second kappa shape index (κ2) is 5.34. The molecular weight excluding hydrogens is 315 g/mol. The summed E-state index contributed by atoms with van der Waals surface area (Å²) in [5.74, 6) is 0. The zero-order chi connectivity index (χ0) is 17.8. The molecule has 0 atom stereocenters. The Balaban J connectivity index is 1.85. The standard InChI is InChI=1S/C19H21BN2O3/c1-18(2)19(3,4)25-20(24-18)15-10-11-21-17-14(15)12-16(22(17)23)13-8-6-5-7-9-13/h5-12,23H,1-4H3. The summed E-state index contributed by atoms with van der Waals surface area (Å²) in [6.07, 6.45) is 1.67. The molecule has 1 aliphatic rings. The van der Waals surface area contributed by atoms with Crippen molar-refractivity contribution in [2.24, 2.45) is 0 Å². The smallest absolute Gasteiger partial charge is 0.426 e. The van der Waals surface area contributed by atoms with Gasteiger partial charge in [0, 0.05) is 17.1 Å². The van der Waals surface area contributed by atoms with Crippen molar-refractivity contribution < 1.29 is 14.5 Å². The summed E-state index contributed by atoms with van der Waals surface area (Å²) < 4.78 is 13.5. The second-order valence-electron chi connectivity index (χ2n) is 7.43. The van der Waals surface area contributed by atoms with Crippen molar-refractivity contribution in [3.05, 3.63) is 48.7 Å². The van der Waals surface area contributed by atoms with E-state index < -0.39 is 18.3 Å². The van der Waals surface area contributed by atoms with Crippen molar-refractivity contribution in [3.63, 3.8) is 0 Å². The highest BCUT2D eigenvalue weighted by molar-refractivity contribution is 6.65. The summed E-state index contributed by atoms with van der Waals surface area (Å²) in [5, 5.41) is 11.4. The lowest BCUT2D eigenvalue weighted by molar-refractivity contribution is 0.00578. The highest BCUT2D eigenvalue weighted by atomic mass is 16.7. The molecule has 1 saturated heterocycles. The molecule has 4 rings (SSSR count). The van der Waals surface area contributed by atoms with E-state index in [9.17, 15) is 5.21 Å². The second-order valence-corrected chi connectivity index (χ2v) is 7.43. The molecule has 0 radical (unpaired) electrons. The van der Waals surface area contributed by atoms with Gasteiger partial charge < -0.3 is 14.5 Å². The van der Waals surface area contributed by atoms with E-state index in [1.165, 1.54) is 0 Å². The zero-order valence-corrected chi connectivity index (χ0v) is 14.9. The summed E-state index contributed by atoms with van der Waals surface area (Å²) in [7, 11) is -0.499. The normalized spacial score (nSPS) is 18.8. The summed E-state index contributed by atoms with van der Waals surface area (Å²) >= 11 is 0. The van der Waals surface area contributed by atoms with E-state index in [0.717, 1.165) is 21.1 Å². The van der Waals surface area contributed by atoms with Crippen LogP contribution in [0, 0.1) is 0 Å². The molecule has 6 heteroatoms. The molecule has 0 unspecified atom stereocenters. The van der Waals surface area contributed by atoms with Gasteiger partial charge in [0.25, 0.3) is 0 Å². The first-order valence-electron chi connectivity index (χ1n) is 8.41. The zero-order valence-electron chi connectivity index (χ0n) is 14.9. The third kappa shape index (κ3) is 2.44. The van der Waals surface area contributed by atoms with Crippen LogP contribution in [-0.2, 0) is 9.31 Å². The van der Waals surface area contributed by atoms with Gasteiger partial charge in [-0.05, 0) is 45.3 Å². The SMILES string of the molecule is CC1(C)OB(c2ccnc3c2cc(-c2ccccc2)n3O)OC1(C)C. The van der Waals surface area contributed by atoms with Crippen molar-refractivity contribution in [2.75, 3.05) is 0 Å². The highest BCUT2D eigenvalue weighted by Crippen LogP contribution is 2.37. The molecule has 2 aromatic heterocycles. The third-order valence-corrected chi connectivity index (χ3v) is 5.29. The lowest BCUT2D eigenvalue weighted by Gasteiger charge is -2.32. The fourth-order valence-electron chi connectivity index (χ4n) is 3.10. The summed E-state index contributed by atoms with van der Waals surface area (Å²) in [4.78, 5) is 4.33. The fourth-order valence-corrected chi connectivity index (χ4v) is 3.10. The average Bonchev–Trinajstić information content (AvgIpc) is 3.02. The van der Waals surface area contributed by atoms with Crippen LogP contribution in [0.3, 0.4) is 0 Å². The first-order chi connectivity index (χ1) is 11.8. The molecule has 0 spiro atoms. The van der Waals surface area contributed by atoms with Crippen LogP contribution in [0.25, 0.3) is 22.3 Å². The number of rotatable bonds is 2. The maximum Gasteiger partial charge on any atom is 0.495 e. The fraction of sp³-hybridized carbons (Fsp3) is 0.316. The number of nitrogens with zero attached hydrogens (tertiary/aromatic N) is 2. The minimum Gasteiger partial charge on any atom is -0.426 e. The van der Waals surface area contributed by atoms with Crippen molar-refractivity contribution >= 4 is 23.6 Å². The number of pyridine rings is 1. The van der Waals surface area contributed by atoms with Crippen LogP contribution < -0.4 is 5.46 Å². The van der Waals surface area contributed by atoms with Gasteiger partial charge in [0.2, 0.25) is 0 Å². The maximum atomic E-state index is 10.6. The number of benzene rings is 1. The van der Waals surface area contributed by atoms with Crippen LogP contribution in [0.2, 0.25) is 0 Å². The Hall–Kier alpha value is -2.31. The van der Waals surface area contributed by atoms with Crippen LogP contribution in [0.15, 0.2) is 48.7 Å². The summed E-state index contributed by atoms with van der Waals surface area (Å²) in [6.45, 7) is 8.10. The molecule has 0 bridgehead atoms. The van der Waals surface area contributed by atoms with E-state index in [1.807, 2.05) is 70.2 Å². The molecule has 1 N–H and O–H groups in total. The third-order valence-electron chi connectivity index (χ3n) is 5.29. The Kier molecular flexibility index (Phi) is 3.46. The van der Waals surface area contributed by atoms with Crippen LogP contribution in [0.1, 0.15) is 27.7 Å². The Morgan fingerprint density at radius 3 is 2.28 bits per heavy atom. The Morgan fingerprint density at radius 2 is 1.64 bits per heavy atom. The molecule has 1 fully saturated rings. The Labute approximate surface area is 147 Å². The molecule has 5 nitrogen and oxygen atoms in total. The number of fused-ring (bicyclic) bond motifs is 1. The summed E-state index contributed by atoms with van der Waals surface area (Å²) in [5.41, 5.74) is 2.13. The minimum absolute atomic E-state index is 0.419. The molecule has 128 valence electrons. The average molecular weight is 336 g/mol. The first kappa shape index (κ1) is 16.2. The lowest BCUT2D eigenvalue weighted by atomic mass is 9.78. The van der Waals surface area contributed by atoms with E-state index in [-0.39, 0.29) is 0 Å². The van der Waals surface area contributed by atoms with Gasteiger partial charge in [-0.1, -0.05) is 30.3 Å². The van der Waals surface area contributed by atoms with Crippen molar-refractivity contribution in [1.82, 2.24) is 9.71 Å². The van der Waals surface area contributed by atoms with E-state index in [4.69, 9.17) is 9.31 Å². The predicted molar refractivity (Wildman–Crippen MR) is 98.1 cm³/mol. The quantitative estimate of drug-likeness (QED) is 0.577. The molecule has 1 aliphatic heterocycles. The number of hydrogen-bond donors (Lipinski definition) is 1. The topological polar surface area (TPSA) is 56.5 Å². The van der Waals surface area contributed by atoms with Crippen LogP contribution >= 0.6 is 0 Å². The molecule has 1 aromatic carbocycles. The van der Waals surface area contributed by atoms with Gasteiger partial charge in [-0.15, -0.1) is 0 Å². The molecule has 3 aromatic rings. The molecule has 0 aliphatic carbocycles. The first-order valence-corrected chi connectivity index (χ1v) is 8.41. The van der Waals surface area contributed by atoms with Gasteiger partial charge in [0.05, 0.1) is 16.9 Å². The van der Waals surface area contributed by atoms with Gasteiger partial charge in [-0.25, -0.2) is 4.98 Å². The van der Waals surface area contributed by atoms with E-state index in [0.29, 0.717) is 11.3 Å². The largest absolute Gasteiger partial charge is 0.495 e.